The van der Waals surface area contributed by atoms with Gasteiger partial charge in [-0.1, -0.05) is 19.9 Å². The minimum atomic E-state index is -0.533. The second-order valence-corrected chi connectivity index (χ2v) is 7.23. The molecule has 1 aliphatic carbocycles. The summed E-state index contributed by atoms with van der Waals surface area (Å²) in [6.07, 6.45) is 10.2. The molecule has 0 unspecified atom stereocenters. The topological polar surface area (TPSA) is 95.9 Å². The van der Waals surface area contributed by atoms with Crippen LogP contribution >= 0.6 is 0 Å². The van der Waals surface area contributed by atoms with Gasteiger partial charge in [0.2, 0.25) is 0 Å². The smallest absolute Gasteiger partial charge is 0.313 e. The molecule has 0 radical (unpaired) electrons. The third-order valence-electron chi connectivity index (χ3n) is 4.68. The van der Waals surface area contributed by atoms with E-state index in [-0.39, 0.29) is 5.41 Å². The summed E-state index contributed by atoms with van der Waals surface area (Å²) in [5.74, 6) is 0. The highest BCUT2D eigenvalue weighted by atomic mass is 16.2. The van der Waals surface area contributed by atoms with Crippen molar-refractivity contribution < 1.29 is 0 Å². The minimum Gasteiger partial charge on any atom is -0.313 e. The number of aromatic nitrogens is 5. The molecule has 0 aromatic carbocycles. The number of allylic oxidation sites excluding steroid dienone is 2. The van der Waals surface area contributed by atoms with Gasteiger partial charge in [0.15, 0.2) is 5.65 Å². The summed E-state index contributed by atoms with van der Waals surface area (Å²) in [5, 5.41) is 4.47. The average Bonchev–Trinajstić information content (AvgIpc) is 3.01. The molecule has 0 aliphatic heterocycles. The lowest BCUT2D eigenvalue weighted by Gasteiger charge is -2.30. The number of nitrogens with zero attached hydrogens (tertiary/aromatic N) is 3. The molecule has 3 heterocycles. The first-order valence-corrected chi connectivity index (χ1v) is 8.29. The van der Waals surface area contributed by atoms with Gasteiger partial charge >= 0.3 is 5.69 Å². The van der Waals surface area contributed by atoms with Crippen molar-refractivity contribution in [3.8, 4) is 11.3 Å². The van der Waals surface area contributed by atoms with Crippen LogP contribution < -0.4 is 11.2 Å². The molecular formula is C18H19N5O2. The van der Waals surface area contributed by atoms with E-state index in [2.05, 4.69) is 40.0 Å². The standard InChI is InChI=1S/C18H19N5O2/c1-18(2)5-3-4-11(9-18)12-8-14(22-23-7-6-19-15(12)23)13-10-20-17(25)21-16(13)24/h4,6-8,10H,3,5,9H2,1-2H3,(H2,20,21,24,25). The normalized spacial score (nSPS) is 16.8. The molecule has 128 valence electrons. The molecule has 0 amide bonds. The van der Waals surface area contributed by atoms with Crippen LogP contribution in [0.4, 0.5) is 0 Å². The fraction of sp³-hybridized carbons (Fsp3) is 0.333. The maximum Gasteiger partial charge on any atom is 0.325 e. The Morgan fingerprint density at radius 2 is 2.08 bits per heavy atom. The number of H-pyrrole nitrogens is 2. The highest BCUT2D eigenvalue weighted by Crippen LogP contribution is 2.40. The molecule has 7 nitrogen and oxygen atoms in total. The summed E-state index contributed by atoms with van der Waals surface area (Å²) in [6, 6.07) is 1.89. The fourth-order valence-electron chi connectivity index (χ4n) is 3.40. The predicted octanol–water partition coefficient (Wildman–Crippen LogP) is 2.37. The number of aromatic amines is 2. The van der Waals surface area contributed by atoms with E-state index in [4.69, 9.17) is 0 Å². The van der Waals surface area contributed by atoms with Crippen LogP contribution in [-0.2, 0) is 0 Å². The maximum absolute atomic E-state index is 12.2. The van der Waals surface area contributed by atoms with Crippen LogP contribution in [0.2, 0.25) is 0 Å². The van der Waals surface area contributed by atoms with E-state index in [1.54, 1.807) is 16.9 Å². The second-order valence-electron chi connectivity index (χ2n) is 7.23. The molecule has 0 spiro atoms. The summed E-state index contributed by atoms with van der Waals surface area (Å²) >= 11 is 0. The van der Waals surface area contributed by atoms with Gasteiger partial charge in [0.25, 0.3) is 5.56 Å². The van der Waals surface area contributed by atoms with E-state index in [1.807, 2.05) is 6.07 Å². The van der Waals surface area contributed by atoms with Gasteiger partial charge in [0.05, 0.1) is 11.3 Å². The Hall–Kier alpha value is -2.96. The molecular weight excluding hydrogens is 318 g/mol. The molecule has 0 saturated carbocycles. The van der Waals surface area contributed by atoms with E-state index < -0.39 is 11.2 Å². The van der Waals surface area contributed by atoms with Crippen molar-refractivity contribution in [2.45, 2.75) is 33.1 Å². The van der Waals surface area contributed by atoms with Crippen LogP contribution in [0.15, 0.2) is 40.3 Å². The van der Waals surface area contributed by atoms with Gasteiger partial charge in [-0.25, -0.2) is 14.3 Å². The van der Waals surface area contributed by atoms with Gasteiger partial charge < -0.3 is 4.98 Å². The largest absolute Gasteiger partial charge is 0.325 e. The maximum atomic E-state index is 12.2. The zero-order valence-corrected chi connectivity index (χ0v) is 14.2. The zero-order valence-electron chi connectivity index (χ0n) is 14.2. The van der Waals surface area contributed by atoms with Gasteiger partial charge in [0.1, 0.15) is 0 Å². The highest BCUT2D eigenvalue weighted by molar-refractivity contribution is 5.79. The number of rotatable bonds is 2. The Morgan fingerprint density at radius 1 is 1.24 bits per heavy atom. The number of nitrogens with one attached hydrogen (secondary N) is 2. The average molecular weight is 337 g/mol. The van der Waals surface area contributed by atoms with Crippen molar-refractivity contribution in [3.05, 3.63) is 57.1 Å². The van der Waals surface area contributed by atoms with E-state index >= 15 is 0 Å². The van der Waals surface area contributed by atoms with E-state index in [9.17, 15) is 9.59 Å². The molecule has 0 bridgehead atoms. The first-order valence-electron chi connectivity index (χ1n) is 8.29. The van der Waals surface area contributed by atoms with Crippen LogP contribution in [-0.4, -0.2) is 24.6 Å². The lowest BCUT2D eigenvalue weighted by molar-refractivity contribution is 0.338. The number of hydrogen-bond acceptors (Lipinski definition) is 4. The highest BCUT2D eigenvalue weighted by Gasteiger charge is 2.25. The molecule has 3 aromatic heterocycles. The third kappa shape index (κ3) is 2.82. The number of hydrogen-bond donors (Lipinski definition) is 2. The van der Waals surface area contributed by atoms with Crippen molar-refractivity contribution in [1.82, 2.24) is 24.6 Å². The Balaban J connectivity index is 1.93. The lowest BCUT2D eigenvalue weighted by Crippen LogP contribution is -2.23. The molecule has 0 atom stereocenters. The molecule has 0 fully saturated rings. The number of imidazole rings is 1. The van der Waals surface area contributed by atoms with Crippen molar-refractivity contribution in [2.75, 3.05) is 0 Å². The van der Waals surface area contributed by atoms with Gasteiger partial charge in [0, 0.05) is 24.2 Å². The summed E-state index contributed by atoms with van der Waals surface area (Å²) in [7, 11) is 0. The zero-order chi connectivity index (χ0) is 17.6. The first-order chi connectivity index (χ1) is 11.9. The third-order valence-corrected chi connectivity index (χ3v) is 4.68. The SMILES string of the molecule is CC1(C)CCC=C(c2cc(-c3c[nH]c(=O)[nH]c3=O)nn3ccnc23)C1. The molecule has 25 heavy (non-hydrogen) atoms. The summed E-state index contributed by atoms with van der Waals surface area (Å²) in [6.45, 7) is 4.52. The van der Waals surface area contributed by atoms with Crippen LogP contribution in [0.5, 0.6) is 0 Å². The summed E-state index contributed by atoms with van der Waals surface area (Å²) in [5.41, 5.74) is 3.04. The molecule has 4 rings (SSSR count). The molecule has 0 saturated heterocycles. The van der Waals surface area contributed by atoms with Crippen molar-refractivity contribution in [3.63, 3.8) is 0 Å². The van der Waals surface area contributed by atoms with Crippen molar-refractivity contribution in [2.24, 2.45) is 5.41 Å². The van der Waals surface area contributed by atoms with Crippen LogP contribution in [0.25, 0.3) is 22.5 Å². The molecule has 1 aliphatic rings. The first kappa shape index (κ1) is 15.6. The van der Waals surface area contributed by atoms with Gasteiger partial charge in [-0.15, -0.1) is 0 Å². The molecule has 2 N–H and O–H groups in total. The Labute approximate surface area is 143 Å². The minimum absolute atomic E-state index is 0.229. The number of fused-ring (bicyclic) bond motifs is 1. The Kier molecular flexibility index (Phi) is 3.45. The van der Waals surface area contributed by atoms with E-state index in [1.165, 1.54) is 11.8 Å². The van der Waals surface area contributed by atoms with Gasteiger partial charge in [-0.2, -0.15) is 5.10 Å². The van der Waals surface area contributed by atoms with E-state index in [0.29, 0.717) is 11.3 Å². The Morgan fingerprint density at radius 3 is 2.84 bits per heavy atom. The van der Waals surface area contributed by atoms with Gasteiger partial charge in [-0.05, 0) is 36.3 Å². The van der Waals surface area contributed by atoms with Crippen LogP contribution in [0, 0.1) is 5.41 Å². The Bertz CT molecular complexity index is 1100. The second kappa shape index (κ2) is 5.54. The van der Waals surface area contributed by atoms with Crippen molar-refractivity contribution in [1.29, 1.82) is 0 Å². The monoisotopic (exact) mass is 337 g/mol. The van der Waals surface area contributed by atoms with E-state index in [0.717, 1.165) is 30.5 Å². The predicted molar refractivity (Wildman–Crippen MR) is 95.3 cm³/mol. The summed E-state index contributed by atoms with van der Waals surface area (Å²) in [4.78, 5) is 32.6. The molecule has 7 heteroatoms. The van der Waals surface area contributed by atoms with Crippen molar-refractivity contribution >= 4 is 11.2 Å². The van der Waals surface area contributed by atoms with Crippen LogP contribution in [0.1, 0.15) is 38.7 Å². The summed E-state index contributed by atoms with van der Waals surface area (Å²) < 4.78 is 1.68. The quantitative estimate of drug-likeness (QED) is 0.750. The van der Waals surface area contributed by atoms with Gasteiger partial charge in [-0.3, -0.25) is 9.78 Å². The van der Waals surface area contributed by atoms with Crippen LogP contribution in [0.3, 0.4) is 0 Å². The lowest BCUT2D eigenvalue weighted by atomic mass is 9.76. The molecule has 3 aromatic rings. The fourth-order valence-corrected chi connectivity index (χ4v) is 3.40.